The number of carbonyl (C=O) groups excluding carboxylic acids is 1. The number of likely N-dealkylation sites (N-methyl/N-ethyl adjacent to an activating group) is 1. The number of aliphatic hydroxyl groups excluding tert-OH is 1. The van der Waals surface area contributed by atoms with E-state index in [1.54, 1.807) is 0 Å². The Labute approximate surface area is 218 Å². The molecule has 0 unspecified atom stereocenters. The molecule has 4 heterocycles. The largest absolute Gasteiger partial charge is 0.396 e. The zero-order chi connectivity index (χ0) is 25.5. The number of carbonyl (C=O) groups is 1. The fourth-order valence-electron chi connectivity index (χ4n) is 7.02. The van der Waals surface area contributed by atoms with Crippen LogP contribution in [0.3, 0.4) is 0 Å². The highest BCUT2D eigenvalue weighted by Gasteiger charge is 2.55. The van der Waals surface area contributed by atoms with E-state index >= 15 is 0 Å². The lowest BCUT2D eigenvalue weighted by atomic mass is 9.84. The standard InChI is InChI=1S/C31H35N3O3/c1-32-27-19-34-26(13-12-24(30(34)36)23-10-6-3-7-11-23)29(32)28(25(27)20-35)31(37)33-16-14-22(15-17-33)18-21-8-4-2-5-9-21/h2-13,22,25,27-29,35H,14-20H2,1H3/t25-,27-,28+,29+/m1/s1. The normalized spacial score (nSPS) is 25.7. The Morgan fingerprint density at radius 3 is 2.30 bits per heavy atom. The minimum Gasteiger partial charge on any atom is -0.396 e. The van der Waals surface area contributed by atoms with Gasteiger partial charge in [-0.1, -0.05) is 60.7 Å². The summed E-state index contributed by atoms with van der Waals surface area (Å²) >= 11 is 0. The lowest BCUT2D eigenvalue weighted by Crippen LogP contribution is -2.45. The summed E-state index contributed by atoms with van der Waals surface area (Å²) in [6.07, 6.45) is 3.05. The molecule has 1 amide bonds. The number of hydrogen-bond donors (Lipinski definition) is 1. The molecule has 0 aliphatic carbocycles. The third-order valence-corrected chi connectivity index (χ3v) is 9.01. The van der Waals surface area contributed by atoms with Gasteiger partial charge in [-0.25, -0.2) is 0 Å². The molecule has 2 saturated heterocycles. The predicted octanol–water partition coefficient (Wildman–Crippen LogP) is 3.59. The Hall–Kier alpha value is -3.22. The monoisotopic (exact) mass is 497 g/mol. The predicted molar refractivity (Wildman–Crippen MR) is 144 cm³/mol. The highest BCUT2D eigenvalue weighted by molar-refractivity contribution is 5.81. The van der Waals surface area contributed by atoms with Crippen LogP contribution in [0.1, 0.15) is 30.1 Å². The molecule has 3 aromatic rings. The van der Waals surface area contributed by atoms with Crippen molar-refractivity contribution in [1.82, 2.24) is 14.4 Å². The number of pyridine rings is 1. The summed E-state index contributed by atoms with van der Waals surface area (Å²) in [5.41, 5.74) is 3.81. The van der Waals surface area contributed by atoms with E-state index < -0.39 is 0 Å². The average Bonchev–Trinajstić information content (AvgIpc) is 3.11. The second kappa shape index (κ2) is 9.92. The van der Waals surface area contributed by atoms with E-state index in [-0.39, 0.29) is 42.0 Å². The van der Waals surface area contributed by atoms with E-state index in [1.165, 1.54) is 5.56 Å². The second-order valence-corrected chi connectivity index (χ2v) is 11.0. The molecule has 2 fully saturated rings. The Morgan fingerprint density at radius 1 is 0.946 bits per heavy atom. The van der Waals surface area contributed by atoms with Crippen molar-refractivity contribution in [2.45, 2.75) is 37.9 Å². The molecule has 3 aliphatic rings. The van der Waals surface area contributed by atoms with Gasteiger partial charge in [0.25, 0.3) is 5.56 Å². The van der Waals surface area contributed by atoms with E-state index in [1.807, 2.05) is 65.0 Å². The molecule has 6 heteroatoms. The highest BCUT2D eigenvalue weighted by atomic mass is 16.3. The molecule has 2 bridgehead atoms. The van der Waals surface area contributed by atoms with Gasteiger partial charge in [-0.15, -0.1) is 0 Å². The fraction of sp³-hybridized carbons (Fsp3) is 0.419. The number of amides is 1. The van der Waals surface area contributed by atoms with Crippen molar-refractivity contribution in [2.24, 2.45) is 17.8 Å². The van der Waals surface area contributed by atoms with Gasteiger partial charge in [0.15, 0.2) is 0 Å². The van der Waals surface area contributed by atoms with E-state index in [9.17, 15) is 14.7 Å². The van der Waals surface area contributed by atoms with Crippen molar-refractivity contribution >= 4 is 5.91 Å². The van der Waals surface area contributed by atoms with Crippen molar-refractivity contribution in [2.75, 3.05) is 26.7 Å². The Morgan fingerprint density at radius 2 is 1.62 bits per heavy atom. The van der Waals surface area contributed by atoms with Crippen LogP contribution >= 0.6 is 0 Å². The maximum absolute atomic E-state index is 14.0. The van der Waals surface area contributed by atoms with Gasteiger partial charge in [0.2, 0.25) is 5.91 Å². The van der Waals surface area contributed by atoms with Gasteiger partial charge in [-0.3, -0.25) is 14.5 Å². The topological polar surface area (TPSA) is 65.8 Å². The summed E-state index contributed by atoms with van der Waals surface area (Å²) < 4.78 is 1.86. The van der Waals surface area contributed by atoms with Crippen LogP contribution in [0.15, 0.2) is 77.6 Å². The summed E-state index contributed by atoms with van der Waals surface area (Å²) in [4.78, 5) is 31.8. The molecule has 0 spiro atoms. The number of piperidine rings is 1. The van der Waals surface area contributed by atoms with Gasteiger partial charge in [-0.2, -0.15) is 0 Å². The summed E-state index contributed by atoms with van der Waals surface area (Å²) in [6, 6.07) is 24.0. The number of likely N-dealkylation sites (tertiary alicyclic amines) is 1. The van der Waals surface area contributed by atoms with Crippen molar-refractivity contribution in [3.8, 4) is 11.1 Å². The minimum atomic E-state index is -0.346. The molecule has 37 heavy (non-hydrogen) atoms. The molecule has 1 aromatic heterocycles. The third kappa shape index (κ3) is 4.22. The maximum Gasteiger partial charge on any atom is 0.258 e. The van der Waals surface area contributed by atoms with E-state index in [0.717, 1.165) is 43.6 Å². The number of nitrogens with zero attached hydrogens (tertiary/aromatic N) is 3. The van der Waals surface area contributed by atoms with Gasteiger partial charge < -0.3 is 14.6 Å². The molecule has 3 aliphatic heterocycles. The lowest BCUT2D eigenvalue weighted by Gasteiger charge is -2.37. The molecule has 0 saturated carbocycles. The first-order valence-corrected chi connectivity index (χ1v) is 13.5. The first-order valence-electron chi connectivity index (χ1n) is 13.5. The third-order valence-electron chi connectivity index (χ3n) is 9.01. The van der Waals surface area contributed by atoms with Gasteiger partial charge in [0, 0.05) is 49.5 Å². The number of aromatic nitrogens is 1. The van der Waals surface area contributed by atoms with E-state index in [2.05, 4.69) is 29.2 Å². The first-order chi connectivity index (χ1) is 18.1. The SMILES string of the molecule is CN1[C@@H]2Cn3c(ccc(-c4ccccc4)c3=O)[C@H]1[C@@H](C(=O)N1CCC(Cc3ccccc3)CC1)[C@@H]2CO. The zero-order valence-electron chi connectivity index (χ0n) is 21.4. The molecular weight excluding hydrogens is 462 g/mol. The van der Waals surface area contributed by atoms with Crippen molar-refractivity contribution in [3.63, 3.8) is 0 Å². The van der Waals surface area contributed by atoms with Crippen molar-refractivity contribution in [1.29, 1.82) is 0 Å². The maximum atomic E-state index is 14.0. The number of hydrogen-bond acceptors (Lipinski definition) is 4. The van der Waals surface area contributed by atoms with Crippen LogP contribution in [0.2, 0.25) is 0 Å². The van der Waals surface area contributed by atoms with E-state index in [0.29, 0.717) is 18.0 Å². The lowest BCUT2D eigenvalue weighted by molar-refractivity contribution is -0.139. The second-order valence-electron chi connectivity index (χ2n) is 11.0. The van der Waals surface area contributed by atoms with Crippen LogP contribution in [-0.2, 0) is 17.8 Å². The molecule has 192 valence electrons. The Balaban J connectivity index is 1.25. The van der Waals surface area contributed by atoms with Crippen LogP contribution in [0.25, 0.3) is 11.1 Å². The molecule has 1 N–H and O–H groups in total. The van der Waals surface area contributed by atoms with Gasteiger partial charge >= 0.3 is 0 Å². The summed E-state index contributed by atoms with van der Waals surface area (Å²) in [6.45, 7) is 1.95. The Bertz CT molecular complexity index is 1310. The van der Waals surface area contributed by atoms with Crippen LogP contribution in [-0.4, -0.2) is 58.2 Å². The van der Waals surface area contributed by atoms with Crippen molar-refractivity contribution < 1.29 is 9.90 Å². The quantitative estimate of drug-likeness (QED) is 0.585. The first kappa shape index (κ1) is 24.1. The van der Waals surface area contributed by atoms with Crippen LogP contribution < -0.4 is 5.56 Å². The molecule has 4 atom stereocenters. The molecule has 6 rings (SSSR count). The minimum absolute atomic E-state index is 0.0154. The Kier molecular flexibility index (Phi) is 6.47. The van der Waals surface area contributed by atoms with Crippen molar-refractivity contribution in [3.05, 3.63) is 94.4 Å². The van der Waals surface area contributed by atoms with Gasteiger partial charge in [-0.05, 0) is 55.5 Å². The van der Waals surface area contributed by atoms with Crippen LogP contribution in [0, 0.1) is 17.8 Å². The van der Waals surface area contributed by atoms with Crippen LogP contribution in [0.5, 0.6) is 0 Å². The van der Waals surface area contributed by atoms with Crippen LogP contribution in [0.4, 0.5) is 0 Å². The summed E-state index contributed by atoms with van der Waals surface area (Å²) in [7, 11) is 2.04. The smallest absolute Gasteiger partial charge is 0.258 e. The summed E-state index contributed by atoms with van der Waals surface area (Å²) in [5, 5.41) is 10.5. The number of aliphatic hydroxyl groups is 1. The molecule has 0 radical (unpaired) electrons. The zero-order valence-corrected chi connectivity index (χ0v) is 21.4. The number of rotatable bonds is 5. The molecule has 6 nitrogen and oxygen atoms in total. The molecule has 2 aromatic carbocycles. The van der Waals surface area contributed by atoms with Gasteiger partial charge in [0.1, 0.15) is 0 Å². The number of benzene rings is 2. The average molecular weight is 498 g/mol. The molecular formula is C31H35N3O3. The fourth-order valence-corrected chi connectivity index (χ4v) is 7.02. The highest BCUT2D eigenvalue weighted by Crippen LogP contribution is 2.48. The van der Waals surface area contributed by atoms with E-state index in [4.69, 9.17) is 0 Å². The van der Waals surface area contributed by atoms with Gasteiger partial charge in [0.05, 0.1) is 12.0 Å². The summed E-state index contributed by atoms with van der Waals surface area (Å²) in [5.74, 6) is 0.177. The number of fused-ring (bicyclic) bond motifs is 4.